The van der Waals surface area contributed by atoms with Crippen molar-refractivity contribution in [1.82, 2.24) is 0 Å². The first-order valence-electron chi connectivity index (χ1n) is 10.9. The van der Waals surface area contributed by atoms with Crippen molar-refractivity contribution in [3.8, 4) is 11.5 Å². The summed E-state index contributed by atoms with van der Waals surface area (Å²) >= 11 is 0. The van der Waals surface area contributed by atoms with E-state index < -0.39 is 17.7 Å². The molecule has 3 aromatic rings. The van der Waals surface area contributed by atoms with Crippen LogP contribution in [0.1, 0.15) is 33.9 Å². The molecule has 0 radical (unpaired) electrons. The standard InChI is InChI=1S/C28H27NO5/c1-16-11-17(2)13-20(12-16)29-25(19-7-6-8-21(15-19)33-4)24(27(31)28(29)32)26(30)23-10-9-22(34-5)14-18(23)3/h6-15,25,30H,1-5H3/b26-24-. The van der Waals surface area contributed by atoms with Gasteiger partial charge in [-0.05, 0) is 85.5 Å². The van der Waals surface area contributed by atoms with Gasteiger partial charge in [-0.2, -0.15) is 0 Å². The number of anilines is 1. The molecule has 1 N–H and O–H groups in total. The summed E-state index contributed by atoms with van der Waals surface area (Å²) in [4.78, 5) is 28.2. The summed E-state index contributed by atoms with van der Waals surface area (Å²) in [5.74, 6) is -0.429. The van der Waals surface area contributed by atoms with Gasteiger partial charge in [0.1, 0.15) is 17.3 Å². The quantitative estimate of drug-likeness (QED) is 0.322. The number of hydrogen-bond acceptors (Lipinski definition) is 5. The minimum absolute atomic E-state index is 0.0330. The highest BCUT2D eigenvalue weighted by Crippen LogP contribution is 2.43. The maximum absolute atomic E-state index is 13.4. The number of carbonyl (C=O) groups is 2. The van der Waals surface area contributed by atoms with Crippen molar-refractivity contribution in [2.45, 2.75) is 26.8 Å². The summed E-state index contributed by atoms with van der Waals surface area (Å²) in [6, 6.07) is 17.3. The SMILES string of the molecule is COc1cccc(C2/C(=C(/O)c3ccc(OC)cc3C)C(=O)C(=O)N2c2cc(C)cc(C)c2)c1. The molecule has 1 atom stereocenters. The monoisotopic (exact) mass is 457 g/mol. The molecule has 1 saturated heterocycles. The van der Waals surface area contributed by atoms with Gasteiger partial charge in [-0.15, -0.1) is 0 Å². The van der Waals surface area contributed by atoms with Crippen LogP contribution in [0, 0.1) is 20.8 Å². The zero-order valence-electron chi connectivity index (χ0n) is 19.9. The van der Waals surface area contributed by atoms with Gasteiger partial charge < -0.3 is 14.6 Å². The molecule has 1 heterocycles. The summed E-state index contributed by atoms with van der Waals surface area (Å²) in [5.41, 5.74) is 4.40. The highest BCUT2D eigenvalue weighted by atomic mass is 16.5. The molecule has 1 unspecified atom stereocenters. The van der Waals surface area contributed by atoms with Crippen LogP contribution >= 0.6 is 0 Å². The molecule has 1 aliphatic heterocycles. The largest absolute Gasteiger partial charge is 0.507 e. The van der Waals surface area contributed by atoms with Crippen molar-refractivity contribution >= 4 is 23.1 Å². The fourth-order valence-corrected chi connectivity index (χ4v) is 4.49. The van der Waals surface area contributed by atoms with E-state index in [1.165, 1.54) is 4.90 Å². The maximum atomic E-state index is 13.4. The summed E-state index contributed by atoms with van der Waals surface area (Å²) in [6.07, 6.45) is 0. The fourth-order valence-electron chi connectivity index (χ4n) is 4.49. The van der Waals surface area contributed by atoms with Gasteiger partial charge in [-0.3, -0.25) is 14.5 Å². The van der Waals surface area contributed by atoms with E-state index in [0.29, 0.717) is 28.3 Å². The maximum Gasteiger partial charge on any atom is 0.300 e. The van der Waals surface area contributed by atoms with Gasteiger partial charge in [0.05, 0.1) is 25.8 Å². The van der Waals surface area contributed by atoms with Crippen LogP contribution in [0.3, 0.4) is 0 Å². The lowest BCUT2D eigenvalue weighted by molar-refractivity contribution is -0.132. The van der Waals surface area contributed by atoms with Crippen molar-refractivity contribution in [2.75, 3.05) is 19.1 Å². The van der Waals surface area contributed by atoms with Crippen molar-refractivity contribution in [2.24, 2.45) is 0 Å². The van der Waals surface area contributed by atoms with E-state index in [9.17, 15) is 14.7 Å². The first-order chi connectivity index (χ1) is 16.2. The van der Waals surface area contributed by atoms with Crippen LogP contribution in [-0.4, -0.2) is 31.0 Å². The highest BCUT2D eigenvalue weighted by Gasteiger charge is 2.47. The van der Waals surface area contributed by atoms with Crippen LogP contribution in [-0.2, 0) is 9.59 Å². The number of Topliss-reactive ketones (excluding diaryl/α,β-unsaturated/α-hetero) is 1. The second-order valence-electron chi connectivity index (χ2n) is 8.47. The Kier molecular flexibility index (Phi) is 6.16. The van der Waals surface area contributed by atoms with Crippen LogP contribution in [0.4, 0.5) is 5.69 Å². The minimum atomic E-state index is -0.821. The smallest absolute Gasteiger partial charge is 0.300 e. The topological polar surface area (TPSA) is 76.1 Å². The van der Waals surface area contributed by atoms with Crippen LogP contribution in [0.5, 0.6) is 11.5 Å². The third-order valence-corrected chi connectivity index (χ3v) is 6.03. The molecule has 4 rings (SSSR count). The molecule has 1 amide bonds. The van der Waals surface area contributed by atoms with Crippen molar-refractivity contribution in [3.05, 3.63) is 94.1 Å². The second-order valence-corrected chi connectivity index (χ2v) is 8.47. The summed E-state index contributed by atoms with van der Waals surface area (Å²) < 4.78 is 10.7. The predicted molar refractivity (Wildman–Crippen MR) is 131 cm³/mol. The van der Waals surface area contributed by atoms with Gasteiger partial charge in [0, 0.05) is 11.3 Å². The van der Waals surface area contributed by atoms with Gasteiger partial charge in [-0.1, -0.05) is 18.2 Å². The summed E-state index contributed by atoms with van der Waals surface area (Å²) in [5, 5.41) is 11.4. The number of aryl methyl sites for hydroxylation is 3. The second kappa shape index (κ2) is 9.06. The molecule has 174 valence electrons. The first-order valence-corrected chi connectivity index (χ1v) is 10.9. The van der Waals surface area contributed by atoms with Gasteiger partial charge in [0.2, 0.25) is 0 Å². The lowest BCUT2D eigenvalue weighted by Gasteiger charge is -2.26. The highest BCUT2D eigenvalue weighted by molar-refractivity contribution is 6.51. The predicted octanol–water partition coefficient (Wildman–Crippen LogP) is 5.26. The van der Waals surface area contributed by atoms with Crippen molar-refractivity contribution < 1.29 is 24.2 Å². The lowest BCUT2D eigenvalue weighted by atomic mass is 9.93. The number of carbonyl (C=O) groups excluding carboxylic acids is 2. The van der Waals surface area contributed by atoms with Gasteiger partial charge in [0.15, 0.2) is 0 Å². The van der Waals surface area contributed by atoms with E-state index in [1.54, 1.807) is 50.6 Å². The van der Waals surface area contributed by atoms with E-state index in [4.69, 9.17) is 9.47 Å². The van der Waals surface area contributed by atoms with E-state index in [-0.39, 0.29) is 11.3 Å². The average molecular weight is 458 g/mol. The van der Waals surface area contributed by atoms with Crippen LogP contribution in [0.2, 0.25) is 0 Å². The number of amides is 1. The van der Waals surface area contributed by atoms with Crippen molar-refractivity contribution in [1.29, 1.82) is 0 Å². The van der Waals surface area contributed by atoms with E-state index in [1.807, 2.05) is 45.0 Å². The molecule has 0 bridgehead atoms. The average Bonchev–Trinajstić information content (AvgIpc) is 3.08. The molecule has 0 aromatic heterocycles. The number of hydrogen-bond donors (Lipinski definition) is 1. The zero-order chi connectivity index (χ0) is 24.6. The zero-order valence-corrected chi connectivity index (χ0v) is 19.9. The number of aliphatic hydroxyl groups is 1. The Bertz CT molecular complexity index is 1300. The van der Waals surface area contributed by atoms with E-state index in [2.05, 4.69) is 0 Å². The molecule has 6 nitrogen and oxygen atoms in total. The molecule has 34 heavy (non-hydrogen) atoms. The molecule has 0 saturated carbocycles. The molecule has 6 heteroatoms. The molecule has 1 fully saturated rings. The normalized spacial score (nSPS) is 17.2. The molecular weight excluding hydrogens is 430 g/mol. The summed E-state index contributed by atoms with van der Waals surface area (Å²) in [6.45, 7) is 5.70. The number of aliphatic hydroxyl groups excluding tert-OH is 1. The minimum Gasteiger partial charge on any atom is -0.507 e. The van der Waals surface area contributed by atoms with Gasteiger partial charge in [0.25, 0.3) is 11.7 Å². The van der Waals surface area contributed by atoms with Crippen LogP contribution < -0.4 is 14.4 Å². The number of rotatable bonds is 5. The Hall–Kier alpha value is -4.06. The molecule has 0 aliphatic carbocycles. The number of ketones is 1. The fraction of sp³-hybridized carbons (Fsp3) is 0.214. The molecule has 1 aliphatic rings. The Morgan fingerprint density at radius 1 is 0.853 bits per heavy atom. The summed E-state index contributed by atoms with van der Waals surface area (Å²) in [7, 11) is 3.12. The number of benzene rings is 3. The van der Waals surface area contributed by atoms with Crippen LogP contribution in [0.25, 0.3) is 5.76 Å². The Labute approximate surface area is 199 Å². The molecule has 3 aromatic carbocycles. The van der Waals surface area contributed by atoms with Gasteiger partial charge in [-0.25, -0.2) is 0 Å². The lowest BCUT2D eigenvalue weighted by Crippen LogP contribution is -2.29. The molecular formula is C28H27NO5. The third kappa shape index (κ3) is 4.03. The number of ether oxygens (including phenoxy) is 2. The van der Waals surface area contributed by atoms with Gasteiger partial charge >= 0.3 is 0 Å². The Morgan fingerprint density at radius 2 is 1.50 bits per heavy atom. The number of nitrogens with zero attached hydrogens (tertiary/aromatic N) is 1. The third-order valence-electron chi connectivity index (χ3n) is 6.03. The Balaban J connectivity index is 1.98. The number of methoxy groups -OCH3 is 2. The van der Waals surface area contributed by atoms with E-state index in [0.717, 1.165) is 16.7 Å². The molecule has 0 spiro atoms. The van der Waals surface area contributed by atoms with E-state index >= 15 is 0 Å². The Morgan fingerprint density at radius 3 is 2.12 bits per heavy atom. The van der Waals surface area contributed by atoms with Crippen LogP contribution in [0.15, 0.2) is 66.2 Å². The van der Waals surface area contributed by atoms with Crippen molar-refractivity contribution in [3.63, 3.8) is 0 Å². The first kappa shape index (κ1) is 23.1.